The van der Waals surface area contributed by atoms with Gasteiger partial charge in [-0.1, -0.05) is 16.9 Å². The highest BCUT2D eigenvalue weighted by molar-refractivity contribution is 7.99. The molecule has 1 aromatic carbocycles. The molecule has 0 amide bonds. The predicted molar refractivity (Wildman–Crippen MR) is 67.3 cm³/mol. The van der Waals surface area contributed by atoms with Crippen LogP contribution in [0.2, 0.25) is 0 Å². The number of halogens is 1. The average molecular weight is 263 g/mol. The third-order valence-electron chi connectivity index (χ3n) is 2.17. The maximum absolute atomic E-state index is 12.8. The second-order valence-electron chi connectivity index (χ2n) is 3.42. The van der Waals surface area contributed by atoms with Crippen molar-refractivity contribution in [3.8, 4) is 0 Å². The fourth-order valence-corrected chi connectivity index (χ4v) is 2.12. The van der Waals surface area contributed by atoms with Gasteiger partial charge in [0, 0.05) is 16.7 Å². The zero-order valence-electron chi connectivity index (χ0n) is 9.25. The lowest BCUT2D eigenvalue weighted by Crippen LogP contribution is -2.13. The summed E-state index contributed by atoms with van der Waals surface area (Å²) in [5, 5.41) is 12.2. The molecule has 4 nitrogen and oxygen atoms in total. The van der Waals surface area contributed by atoms with E-state index in [4.69, 9.17) is 10.9 Å². The Kier molecular flexibility index (Phi) is 3.78. The molecule has 0 atom stereocenters. The van der Waals surface area contributed by atoms with Crippen LogP contribution in [0.15, 0.2) is 57.7 Å². The minimum atomic E-state index is -0.280. The highest BCUT2D eigenvalue weighted by Crippen LogP contribution is 2.26. The lowest BCUT2D eigenvalue weighted by atomic mass is 10.2. The number of nitrogens with two attached hydrogens (primary N) is 1. The van der Waals surface area contributed by atoms with Gasteiger partial charge in [-0.3, -0.25) is 0 Å². The highest BCUT2D eigenvalue weighted by atomic mass is 32.2. The number of pyridine rings is 1. The van der Waals surface area contributed by atoms with Crippen molar-refractivity contribution in [3.05, 3.63) is 54.0 Å². The van der Waals surface area contributed by atoms with Gasteiger partial charge in [0.05, 0.1) is 0 Å². The summed E-state index contributed by atoms with van der Waals surface area (Å²) in [6, 6.07) is 9.44. The Bertz CT molecular complexity index is 572. The molecule has 0 aliphatic carbocycles. The first kappa shape index (κ1) is 12.4. The number of nitrogens with zero attached hydrogens (tertiary/aromatic N) is 2. The molecule has 0 unspecified atom stereocenters. The van der Waals surface area contributed by atoms with Crippen LogP contribution < -0.4 is 5.73 Å². The SMILES string of the molecule is N/C(=N\O)c1ccnc(Sc2ccc(F)cc2)c1. The fraction of sp³-hybridized carbons (Fsp3) is 0. The molecule has 92 valence electrons. The molecule has 0 spiro atoms. The van der Waals surface area contributed by atoms with Gasteiger partial charge in [0.1, 0.15) is 10.8 Å². The quantitative estimate of drug-likeness (QED) is 0.386. The number of benzene rings is 1. The molecule has 0 bridgehead atoms. The van der Waals surface area contributed by atoms with Crippen LogP contribution in [-0.2, 0) is 0 Å². The predicted octanol–water partition coefficient (Wildman–Crippen LogP) is 2.47. The molecule has 3 N–H and O–H groups in total. The fourth-order valence-electron chi connectivity index (χ4n) is 1.31. The van der Waals surface area contributed by atoms with Crippen molar-refractivity contribution in [3.63, 3.8) is 0 Å². The van der Waals surface area contributed by atoms with Crippen molar-refractivity contribution in [2.45, 2.75) is 9.92 Å². The molecule has 1 aromatic heterocycles. The van der Waals surface area contributed by atoms with E-state index in [1.807, 2.05) is 0 Å². The normalized spacial score (nSPS) is 11.5. The zero-order valence-corrected chi connectivity index (χ0v) is 10.1. The molecular weight excluding hydrogens is 253 g/mol. The Morgan fingerprint density at radius 2 is 2.00 bits per heavy atom. The van der Waals surface area contributed by atoms with E-state index >= 15 is 0 Å². The van der Waals surface area contributed by atoms with Gasteiger partial charge in [0.25, 0.3) is 0 Å². The molecular formula is C12H10FN3OS. The summed E-state index contributed by atoms with van der Waals surface area (Å²) < 4.78 is 12.8. The van der Waals surface area contributed by atoms with Gasteiger partial charge in [-0.2, -0.15) is 0 Å². The monoisotopic (exact) mass is 263 g/mol. The van der Waals surface area contributed by atoms with Gasteiger partial charge in [-0.15, -0.1) is 0 Å². The van der Waals surface area contributed by atoms with E-state index < -0.39 is 0 Å². The number of hydrogen-bond acceptors (Lipinski definition) is 4. The van der Waals surface area contributed by atoms with E-state index in [2.05, 4.69) is 10.1 Å². The lowest BCUT2D eigenvalue weighted by molar-refractivity contribution is 0.318. The summed E-state index contributed by atoms with van der Waals surface area (Å²) in [6.45, 7) is 0. The summed E-state index contributed by atoms with van der Waals surface area (Å²) in [5.41, 5.74) is 6.07. The van der Waals surface area contributed by atoms with Crippen LogP contribution >= 0.6 is 11.8 Å². The van der Waals surface area contributed by atoms with E-state index in [1.54, 1.807) is 30.5 Å². The molecule has 0 saturated heterocycles. The van der Waals surface area contributed by atoms with Crippen LogP contribution in [0, 0.1) is 5.82 Å². The maximum Gasteiger partial charge on any atom is 0.170 e. The molecule has 6 heteroatoms. The van der Waals surface area contributed by atoms with Crippen LogP contribution in [0.1, 0.15) is 5.56 Å². The van der Waals surface area contributed by atoms with Crippen LogP contribution in [0.4, 0.5) is 4.39 Å². The maximum atomic E-state index is 12.8. The largest absolute Gasteiger partial charge is 0.409 e. The van der Waals surface area contributed by atoms with Crippen LogP contribution in [-0.4, -0.2) is 16.0 Å². The summed E-state index contributed by atoms with van der Waals surface area (Å²) >= 11 is 1.37. The second kappa shape index (κ2) is 5.50. The summed E-state index contributed by atoms with van der Waals surface area (Å²) in [6.07, 6.45) is 1.57. The Balaban J connectivity index is 2.22. The Morgan fingerprint density at radius 1 is 1.28 bits per heavy atom. The molecule has 2 aromatic rings. The number of amidine groups is 1. The topological polar surface area (TPSA) is 71.5 Å². The first-order valence-electron chi connectivity index (χ1n) is 5.06. The number of aromatic nitrogens is 1. The molecule has 2 rings (SSSR count). The highest BCUT2D eigenvalue weighted by Gasteiger charge is 2.03. The average Bonchev–Trinajstić information content (AvgIpc) is 2.41. The van der Waals surface area contributed by atoms with Crippen molar-refractivity contribution >= 4 is 17.6 Å². The summed E-state index contributed by atoms with van der Waals surface area (Å²) in [5.74, 6) is -0.254. The van der Waals surface area contributed by atoms with Gasteiger partial charge >= 0.3 is 0 Å². The molecule has 18 heavy (non-hydrogen) atoms. The standard InChI is InChI=1S/C12H10FN3OS/c13-9-1-3-10(4-2-9)18-11-7-8(5-6-15-11)12(14)16-17/h1-7,17H,(H2,14,16). The van der Waals surface area contributed by atoms with Crippen LogP contribution in [0.25, 0.3) is 0 Å². The van der Waals surface area contributed by atoms with E-state index in [1.165, 1.54) is 23.9 Å². The number of hydrogen-bond donors (Lipinski definition) is 2. The van der Waals surface area contributed by atoms with Gasteiger partial charge in [0.15, 0.2) is 5.84 Å². The third-order valence-corrected chi connectivity index (χ3v) is 3.11. The van der Waals surface area contributed by atoms with Gasteiger partial charge in [0.2, 0.25) is 0 Å². The van der Waals surface area contributed by atoms with E-state index in [0.29, 0.717) is 10.6 Å². The van der Waals surface area contributed by atoms with Gasteiger partial charge in [-0.25, -0.2) is 9.37 Å². The Hall–Kier alpha value is -2.08. The number of oxime groups is 1. The van der Waals surface area contributed by atoms with E-state index in [-0.39, 0.29) is 11.7 Å². The van der Waals surface area contributed by atoms with Crippen molar-refractivity contribution in [2.24, 2.45) is 10.9 Å². The molecule has 1 heterocycles. The molecule has 0 aliphatic heterocycles. The minimum absolute atomic E-state index is 0.0263. The third kappa shape index (κ3) is 2.98. The Morgan fingerprint density at radius 3 is 2.67 bits per heavy atom. The van der Waals surface area contributed by atoms with Crippen molar-refractivity contribution in [2.75, 3.05) is 0 Å². The lowest BCUT2D eigenvalue weighted by Gasteiger charge is -2.03. The van der Waals surface area contributed by atoms with Crippen LogP contribution in [0.3, 0.4) is 0 Å². The second-order valence-corrected chi connectivity index (χ2v) is 4.52. The number of rotatable bonds is 3. The zero-order chi connectivity index (χ0) is 13.0. The molecule has 0 fully saturated rings. The van der Waals surface area contributed by atoms with E-state index in [0.717, 1.165) is 4.90 Å². The van der Waals surface area contributed by atoms with E-state index in [9.17, 15) is 4.39 Å². The summed E-state index contributed by atoms with van der Waals surface area (Å²) in [4.78, 5) is 5.01. The smallest absolute Gasteiger partial charge is 0.170 e. The molecule has 0 radical (unpaired) electrons. The van der Waals surface area contributed by atoms with Crippen molar-refractivity contribution < 1.29 is 9.60 Å². The van der Waals surface area contributed by atoms with Crippen LogP contribution in [0.5, 0.6) is 0 Å². The van der Waals surface area contributed by atoms with Gasteiger partial charge < -0.3 is 10.9 Å². The first-order chi connectivity index (χ1) is 8.69. The summed E-state index contributed by atoms with van der Waals surface area (Å²) in [7, 11) is 0. The minimum Gasteiger partial charge on any atom is -0.409 e. The first-order valence-corrected chi connectivity index (χ1v) is 5.88. The molecule has 0 saturated carbocycles. The Labute approximate surface area is 107 Å². The van der Waals surface area contributed by atoms with Gasteiger partial charge in [-0.05, 0) is 36.4 Å². The molecule has 0 aliphatic rings. The van der Waals surface area contributed by atoms with Crippen molar-refractivity contribution in [1.82, 2.24) is 4.98 Å². The van der Waals surface area contributed by atoms with Crippen molar-refractivity contribution in [1.29, 1.82) is 0 Å².